The van der Waals surface area contributed by atoms with E-state index in [0.717, 1.165) is 0 Å². The summed E-state index contributed by atoms with van der Waals surface area (Å²) < 4.78 is 35.7. The van der Waals surface area contributed by atoms with E-state index in [1.807, 2.05) is 0 Å². The van der Waals surface area contributed by atoms with Crippen molar-refractivity contribution in [2.24, 2.45) is 10.2 Å². The number of esters is 1. The summed E-state index contributed by atoms with van der Waals surface area (Å²) in [6.07, 6.45) is -3.37. The van der Waals surface area contributed by atoms with Crippen LogP contribution in [0.15, 0.2) is 10.2 Å². The molecule has 0 amide bonds. The number of carbonyl (C=O) groups is 1. The average molecular weight is 269 g/mol. The predicted molar refractivity (Wildman–Crippen MR) is 56.9 cm³/mol. The Bertz CT molecular complexity index is 312. The molecule has 104 valence electrons. The smallest absolute Gasteiger partial charge is 0.386 e. The van der Waals surface area contributed by atoms with Crippen molar-refractivity contribution in [2.75, 3.05) is 20.7 Å². The molecule has 9 heteroatoms. The number of halogens is 3. The summed E-state index contributed by atoms with van der Waals surface area (Å²) in [5.74, 6) is -0.244. The van der Waals surface area contributed by atoms with Crippen molar-refractivity contribution in [3.63, 3.8) is 0 Å². The Morgan fingerprint density at radius 3 is 2.50 bits per heavy atom. The summed E-state index contributed by atoms with van der Waals surface area (Å²) >= 11 is 0. The molecule has 1 rings (SSSR count). The van der Waals surface area contributed by atoms with Gasteiger partial charge in [0.05, 0.1) is 7.11 Å². The van der Waals surface area contributed by atoms with Gasteiger partial charge in [-0.2, -0.15) is 13.2 Å². The number of hydrogen-bond donors (Lipinski definition) is 1. The van der Waals surface area contributed by atoms with Gasteiger partial charge in [-0.05, 0) is 0 Å². The fourth-order valence-electron chi connectivity index (χ4n) is 1.25. The molecule has 0 aliphatic carbocycles. The third-order valence-corrected chi connectivity index (χ3v) is 1.90. The quantitative estimate of drug-likeness (QED) is 0.462. The number of nitrogens with one attached hydrogen (secondary N) is 1. The summed E-state index contributed by atoms with van der Waals surface area (Å²) in [6.45, 7) is 0.839. The first-order valence-corrected chi connectivity index (χ1v) is 5.14. The van der Waals surface area contributed by atoms with Gasteiger partial charge in [-0.15, -0.1) is 0 Å². The van der Waals surface area contributed by atoms with Crippen LogP contribution in [0.5, 0.6) is 0 Å². The molecule has 0 saturated carbocycles. The zero-order chi connectivity index (χ0) is 14.2. The summed E-state index contributed by atoms with van der Waals surface area (Å²) in [4.78, 5) is 14.6. The fraction of sp³-hybridized carbons (Fsp3) is 0.889. The van der Waals surface area contributed by atoms with Gasteiger partial charge < -0.3 is 10.1 Å². The van der Waals surface area contributed by atoms with Crippen LogP contribution in [0.1, 0.15) is 13.3 Å². The maximum atomic E-state index is 11.1. The predicted octanol–water partition coefficient (Wildman–Crippen LogP) is 1.06. The van der Waals surface area contributed by atoms with Crippen LogP contribution in [0.3, 0.4) is 0 Å². The van der Waals surface area contributed by atoms with Crippen molar-refractivity contribution in [3.8, 4) is 0 Å². The zero-order valence-corrected chi connectivity index (χ0v) is 10.4. The third-order valence-electron chi connectivity index (χ3n) is 1.90. The Balaban J connectivity index is 0.000000494. The van der Waals surface area contributed by atoms with E-state index in [0.29, 0.717) is 13.0 Å². The topological polar surface area (TPSA) is 77.2 Å². The highest BCUT2D eigenvalue weighted by Crippen LogP contribution is 2.10. The highest BCUT2D eigenvalue weighted by molar-refractivity contribution is 5.76. The van der Waals surface area contributed by atoms with E-state index < -0.39 is 6.18 Å². The van der Waals surface area contributed by atoms with Gasteiger partial charge >= 0.3 is 12.1 Å². The van der Waals surface area contributed by atoms with Gasteiger partial charge in [-0.1, -0.05) is 0 Å². The number of ether oxygens (including phenoxy) is 1. The first kappa shape index (κ1) is 16.5. The summed E-state index contributed by atoms with van der Waals surface area (Å²) in [7, 11) is 2.93. The van der Waals surface area contributed by atoms with E-state index in [1.54, 1.807) is 7.05 Å². The lowest BCUT2D eigenvalue weighted by Crippen LogP contribution is -2.31. The van der Waals surface area contributed by atoms with E-state index in [-0.39, 0.29) is 25.0 Å². The molecule has 1 aliphatic heterocycles. The van der Waals surface area contributed by atoms with E-state index in [4.69, 9.17) is 0 Å². The van der Waals surface area contributed by atoms with Gasteiger partial charge in [-0.25, -0.2) is 0 Å². The lowest BCUT2D eigenvalue weighted by Gasteiger charge is -2.04. The van der Waals surface area contributed by atoms with Crippen molar-refractivity contribution >= 4 is 5.97 Å². The van der Waals surface area contributed by atoms with Gasteiger partial charge in [0.15, 0.2) is 0 Å². The minimum absolute atomic E-state index is 0.0350. The standard InChI is InChI=1S/C7H13N4O2.C2H3F3/c1-8-11-10-5-3-6(9-4-5)7(12)13-2;1-2(3,4)5/h5-6,9H,3-4H2,1-2H3;1H3/q+1;. The highest BCUT2D eigenvalue weighted by Gasteiger charge is 2.32. The lowest BCUT2D eigenvalue weighted by molar-refractivity contribution is -0.142. The monoisotopic (exact) mass is 269 g/mol. The molecule has 0 radical (unpaired) electrons. The minimum Gasteiger partial charge on any atom is -0.468 e. The summed E-state index contributed by atoms with van der Waals surface area (Å²) in [5.41, 5.74) is 0. The van der Waals surface area contributed by atoms with Gasteiger partial charge in [0.25, 0.3) is 0 Å². The van der Waals surface area contributed by atoms with E-state index in [2.05, 4.69) is 25.2 Å². The zero-order valence-electron chi connectivity index (χ0n) is 10.4. The van der Waals surface area contributed by atoms with Crippen LogP contribution in [-0.2, 0) is 9.53 Å². The molecule has 18 heavy (non-hydrogen) atoms. The molecule has 2 atom stereocenters. The van der Waals surface area contributed by atoms with E-state index in [9.17, 15) is 18.0 Å². The molecule has 0 aromatic rings. The van der Waals surface area contributed by atoms with Crippen LogP contribution < -0.4 is 10.2 Å². The van der Waals surface area contributed by atoms with Crippen molar-refractivity contribution in [2.45, 2.75) is 31.6 Å². The number of methoxy groups -OCH3 is 1. The second-order valence-corrected chi connectivity index (χ2v) is 3.56. The van der Waals surface area contributed by atoms with Crippen LogP contribution in [0.2, 0.25) is 0 Å². The summed E-state index contributed by atoms with van der Waals surface area (Å²) in [6, 6.07) is -0.210. The van der Waals surface area contributed by atoms with E-state index >= 15 is 0 Å². The fourth-order valence-corrected chi connectivity index (χ4v) is 1.25. The van der Waals surface area contributed by atoms with Crippen LogP contribution in [-0.4, -0.2) is 44.9 Å². The molecule has 1 fully saturated rings. The minimum atomic E-state index is -4.00. The molecule has 1 aliphatic rings. The van der Waals surface area contributed by atoms with E-state index in [1.165, 1.54) is 7.11 Å². The maximum Gasteiger partial charge on any atom is 0.386 e. The largest absolute Gasteiger partial charge is 0.468 e. The molecule has 6 nitrogen and oxygen atoms in total. The molecule has 0 spiro atoms. The molecule has 2 unspecified atom stereocenters. The average Bonchev–Trinajstić information content (AvgIpc) is 2.71. The third kappa shape index (κ3) is 8.66. The van der Waals surface area contributed by atoms with Crippen LogP contribution >= 0.6 is 0 Å². The Hall–Kier alpha value is -1.47. The first-order valence-electron chi connectivity index (χ1n) is 5.14. The number of hydrogen-bond acceptors (Lipinski definition) is 5. The van der Waals surface area contributed by atoms with Crippen molar-refractivity contribution in [1.82, 2.24) is 10.2 Å². The molecule has 0 bridgehead atoms. The first-order chi connectivity index (χ1) is 8.27. The molecule has 1 saturated heterocycles. The van der Waals surface area contributed by atoms with Gasteiger partial charge in [-0.3, -0.25) is 4.79 Å². The molecule has 0 aromatic carbocycles. The molecule has 0 aromatic heterocycles. The maximum absolute atomic E-state index is 11.1. The molecular formula is C9H16F3N4O2+. The Morgan fingerprint density at radius 2 is 2.06 bits per heavy atom. The number of carbonyl (C=O) groups excluding carboxylic acids is 1. The van der Waals surface area contributed by atoms with Gasteiger partial charge in [0, 0.05) is 19.9 Å². The number of nitrogens with zero attached hydrogens (tertiary/aromatic N) is 3. The Labute approximate surface area is 102 Å². The van der Waals surface area contributed by atoms with Crippen molar-refractivity contribution in [3.05, 3.63) is 0 Å². The molecule has 1 N–H and O–H groups in total. The summed E-state index contributed by atoms with van der Waals surface area (Å²) in [5, 5.41) is 10.4. The van der Waals surface area contributed by atoms with Crippen LogP contribution in [0, 0.1) is 0 Å². The number of rotatable bonds is 2. The molecule has 1 heterocycles. The Morgan fingerprint density at radius 1 is 1.50 bits per heavy atom. The van der Waals surface area contributed by atoms with Crippen LogP contribution in [0.4, 0.5) is 13.2 Å². The van der Waals surface area contributed by atoms with Gasteiger partial charge in [0.1, 0.15) is 29.4 Å². The number of alkyl halides is 3. The SMILES string of the molecule is CC(F)(F)F.CN=[N+]=NC1CNC(C(=O)OC)C1. The lowest BCUT2D eigenvalue weighted by atomic mass is 10.2. The molecular weight excluding hydrogens is 253 g/mol. The van der Waals surface area contributed by atoms with Gasteiger partial charge in [0.2, 0.25) is 4.91 Å². The second-order valence-electron chi connectivity index (χ2n) is 3.56. The normalized spacial score (nSPS) is 22.3. The second kappa shape index (κ2) is 7.78. The Kier molecular flexibility index (Phi) is 7.14. The van der Waals surface area contributed by atoms with Crippen molar-refractivity contribution in [1.29, 1.82) is 0 Å². The van der Waals surface area contributed by atoms with Crippen LogP contribution in [0.25, 0.3) is 0 Å². The highest BCUT2D eigenvalue weighted by atomic mass is 19.4. The van der Waals surface area contributed by atoms with Crippen molar-refractivity contribution < 1.29 is 22.7 Å².